The first-order valence-electron chi connectivity index (χ1n) is 9.33. The van der Waals surface area contributed by atoms with Gasteiger partial charge in [0.2, 0.25) is 0 Å². The molecule has 0 aromatic heterocycles. The van der Waals surface area contributed by atoms with E-state index < -0.39 is 0 Å². The van der Waals surface area contributed by atoms with Crippen LogP contribution in [-0.4, -0.2) is 4.43 Å². The summed E-state index contributed by atoms with van der Waals surface area (Å²) < 4.78 is 1.34. The maximum atomic E-state index is 2.49. The molecule has 0 aliphatic heterocycles. The predicted octanol–water partition coefficient (Wildman–Crippen LogP) is 7.93. The van der Waals surface area contributed by atoms with Gasteiger partial charge < -0.3 is 0 Å². The van der Waals surface area contributed by atoms with Crippen molar-refractivity contribution in [3.8, 4) is 0 Å². The van der Waals surface area contributed by atoms with Crippen LogP contribution >= 0.6 is 22.6 Å². The van der Waals surface area contributed by atoms with Crippen LogP contribution in [0.25, 0.3) is 0 Å². The number of rotatable bonds is 16. The zero-order valence-electron chi connectivity index (χ0n) is 14.3. The first kappa shape index (κ1) is 20.7. The molecule has 0 nitrogen and oxygen atoms in total. The largest absolute Gasteiger partial charge is 0.0864 e. The number of hydrogen-bond donors (Lipinski definition) is 0. The van der Waals surface area contributed by atoms with Crippen molar-refractivity contribution in [2.75, 3.05) is 4.43 Å². The molecule has 122 valence electrons. The fourth-order valence-electron chi connectivity index (χ4n) is 2.77. The monoisotopic (exact) mass is 394 g/mol. The lowest BCUT2D eigenvalue weighted by molar-refractivity contribution is 0.502. The molecule has 0 aliphatic carbocycles. The van der Waals surface area contributed by atoms with Crippen molar-refractivity contribution in [3.63, 3.8) is 0 Å². The average Bonchev–Trinajstić information content (AvgIpc) is 2.43. The Bertz CT molecular complexity index is 165. The molecule has 1 heteroatoms. The van der Waals surface area contributed by atoms with E-state index in [0.717, 1.165) is 5.92 Å². The Kier molecular flexibility index (Phi) is 18.4. The van der Waals surface area contributed by atoms with Crippen LogP contribution in [0, 0.1) is 5.92 Å². The molecule has 0 bridgehead atoms. The lowest BCUT2D eigenvalue weighted by Crippen LogP contribution is -1.87. The second-order valence-electron chi connectivity index (χ2n) is 6.82. The molecule has 20 heavy (non-hydrogen) atoms. The van der Waals surface area contributed by atoms with Crippen molar-refractivity contribution in [3.05, 3.63) is 0 Å². The van der Waals surface area contributed by atoms with Crippen molar-refractivity contribution in [1.82, 2.24) is 0 Å². The SMILES string of the molecule is CC(C)CCCCCCCCCCCCCCCCI. The minimum absolute atomic E-state index is 0.900. The number of halogens is 1. The van der Waals surface area contributed by atoms with Gasteiger partial charge in [-0.25, -0.2) is 0 Å². The van der Waals surface area contributed by atoms with Gasteiger partial charge in [0, 0.05) is 0 Å². The van der Waals surface area contributed by atoms with E-state index in [0.29, 0.717) is 0 Å². The second-order valence-corrected chi connectivity index (χ2v) is 7.90. The van der Waals surface area contributed by atoms with Crippen LogP contribution < -0.4 is 0 Å². The number of unbranched alkanes of at least 4 members (excludes halogenated alkanes) is 13. The zero-order chi connectivity index (χ0) is 14.9. The van der Waals surface area contributed by atoms with Crippen LogP contribution in [0.3, 0.4) is 0 Å². The molecule has 0 N–H and O–H groups in total. The Morgan fingerprint density at radius 1 is 0.500 bits per heavy atom. The van der Waals surface area contributed by atoms with Crippen LogP contribution in [0.15, 0.2) is 0 Å². The molecule has 0 aromatic carbocycles. The maximum absolute atomic E-state index is 2.49. The average molecular weight is 394 g/mol. The summed E-state index contributed by atoms with van der Waals surface area (Å²) in [7, 11) is 0. The highest BCUT2D eigenvalue weighted by atomic mass is 127. The first-order valence-corrected chi connectivity index (χ1v) is 10.9. The van der Waals surface area contributed by atoms with E-state index in [9.17, 15) is 0 Å². The molecule has 0 atom stereocenters. The molecule has 0 heterocycles. The molecule has 0 aliphatic rings. The summed E-state index contributed by atoms with van der Waals surface area (Å²) in [6.07, 6.45) is 22.1. The lowest BCUT2D eigenvalue weighted by atomic mass is 10.0. The van der Waals surface area contributed by atoms with Crippen LogP contribution in [0.1, 0.15) is 110 Å². The van der Waals surface area contributed by atoms with E-state index in [1.54, 1.807) is 0 Å². The highest BCUT2D eigenvalue weighted by Crippen LogP contribution is 2.14. The third-order valence-electron chi connectivity index (χ3n) is 4.17. The van der Waals surface area contributed by atoms with Gasteiger partial charge >= 0.3 is 0 Å². The summed E-state index contributed by atoms with van der Waals surface area (Å²) in [5, 5.41) is 0. The van der Waals surface area contributed by atoms with Crippen molar-refractivity contribution in [2.45, 2.75) is 110 Å². The summed E-state index contributed by atoms with van der Waals surface area (Å²) in [5.41, 5.74) is 0. The Hall–Kier alpha value is 0.730. The quantitative estimate of drug-likeness (QED) is 0.142. The molecule has 0 spiro atoms. The van der Waals surface area contributed by atoms with Gasteiger partial charge in [-0.3, -0.25) is 0 Å². The molecule has 0 unspecified atom stereocenters. The normalized spacial score (nSPS) is 11.4. The third-order valence-corrected chi connectivity index (χ3v) is 4.93. The Morgan fingerprint density at radius 2 is 0.800 bits per heavy atom. The van der Waals surface area contributed by atoms with Crippen molar-refractivity contribution >= 4 is 22.6 Å². The molecule has 0 fully saturated rings. The summed E-state index contributed by atoms with van der Waals surface area (Å²) in [5.74, 6) is 0.900. The van der Waals surface area contributed by atoms with Gasteiger partial charge in [-0.05, 0) is 16.8 Å². The first-order chi connectivity index (χ1) is 9.77. The highest BCUT2D eigenvalue weighted by molar-refractivity contribution is 14.1. The second kappa shape index (κ2) is 17.8. The summed E-state index contributed by atoms with van der Waals surface area (Å²) in [6, 6.07) is 0. The van der Waals surface area contributed by atoms with Gasteiger partial charge in [-0.15, -0.1) is 0 Å². The van der Waals surface area contributed by atoms with Crippen molar-refractivity contribution < 1.29 is 0 Å². The summed E-state index contributed by atoms with van der Waals surface area (Å²) in [6.45, 7) is 4.67. The maximum Gasteiger partial charge on any atom is -0.000473 e. The molecule has 0 saturated carbocycles. The van der Waals surface area contributed by atoms with Crippen LogP contribution in [0.4, 0.5) is 0 Å². The van der Waals surface area contributed by atoms with E-state index in [2.05, 4.69) is 36.4 Å². The van der Waals surface area contributed by atoms with Gasteiger partial charge in [0.05, 0.1) is 0 Å². The van der Waals surface area contributed by atoms with Crippen molar-refractivity contribution in [1.29, 1.82) is 0 Å². The van der Waals surface area contributed by atoms with Gasteiger partial charge in [0.15, 0.2) is 0 Å². The molecular weight excluding hydrogens is 355 g/mol. The number of alkyl halides is 1. The van der Waals surface area contributed by atoms with Crippen LogP contribution in [0.2, 0.25) is 0 Å². The van der Waals surface area contributed by atoms with Gasteiger partial charge in [-0.1, -0.05) is 126 Å². The highest BCUT2D eigenvalue weighted by Gasteiger charge is 1.95. The fraction of sp³-hybridized carbons (Fsp3) is 1.00. The summed E-state index contributed by atoms with van der Waals surface area (Å²) in [4.78, 5) is 0. The van der Waals surface area contributed by atoms with E-state index in [-0.39, 0.29) is 0 Å². The predicted molar refractivity (Wildman–Crippen MR) is 103 cm³/mol. The smallest absolute Gasteiger partial charge is 0.000473 e. The molecule has 0 radical (unpaired) electrons. The lowest BCUT2D eigenvalue weighted by Gasteiger charge is -2.04. The molecular formula is C19H39I. The minimum Gasteiger partial charge on any atom is -0.0864 e. The van der Waals surface area contributed by atoms with Gasteiger partial charge in [-0.2, -0.15) is 0 Å². The Morgan fingerprint density at radius 3 is 1.10 bits per heavy atom. The van der Waals surface area contributed by atoms with E-state index in [1.807, 2.05) is 0 Å². The van der Waals surface area contributed by atoms with E-state index >= 15 is 0 Å². The topological polar surface area (TPSA) is 0 Å². The van der Waals surface area contributed by atoms with E-state index in [1.165, 1.54) is 101 Å². The zero-order valence-corrected chi connectivity index (χ0v) is 16.4. The standard InChI is InChI=1S/C19H39I/c1-19(2)17-15-13-11-9-7-5-3-4-6-8-10-12-14-16-18-20/h19H,3-18H2,1-2H3. The molecule has 0 rings (SSSR count). The Balaban J connectivity index is 2.92. The van der Waals surface area contributed by atoms with Crippen molar-refractivity contribution in [2.24, 2.45) is 5.92 Å². The third kappa shape index (κ3) is 18.7. The van der Waals surface area contributed by atoms with Crippen LogP contribution in [-0.2, 0) is 0 Å². The Labute approximate surface area is 143 Å². The molecule has 0 aromatic rings. The minimum atomic E-state index is 0.900. The van der Waals surface area contributed by atoms with Gasteiger partial charge in [0.25, 0.3) is 0 Å². The summed E-state index contributed by atoms with van der Waals surface area (Å²) >= 11 is 2.49. The molecule has 0 amide bonds. The van der Waals surface area contributed by atoms with Gasteiger partial charge in [0.1, 0.15) is 0 Å². The number of hydrogen-bond acceptors (Lipinski definition) is 0. The van der Waals surface area contributed by atoms with E-state index in [4.69, 9.17) is 0 Å². The fourth-order valence-corrected chi connectivity index (χ4v) is 3.31. The molecule has 0 saturated heterocycles. The van der Waals surface area contributed by atoms with Crippen LogP contribution in [0.5, 0.6) is 0 Å².